The van der Waals surface area contributed by atoms with E-state index in [1.807, 2.05) is 36.4 Å². The number of furan rings is 1. The maximum absolute atomic E-state index is 12.5. The number of hydrazone groups is 1. The number of amides is 1. The Hall–Kier alpha value is -4.26. The van der Waals surface area contributed by atoms with Crippen molar-refractivity contribution in [3.8, 4) is 11.3 Å². The van der Waals surface area contributed by atoms with E-state index in [2.05, 4.69) is 10.5 Å². The molecule has 1 aromatic heterocycles. The lowest BCUT2D eigenvalue weighted by Gasteiger charge is -2.04. The standard InChI is InChI=1S/C22H15N3O4/c26-22(20-7-3-5-15-4-1-2-6-19(15)20)24-23-14-18-12-13-21(29-18)16-8-10-17(11-9-16)25(27)28/h1-14H,(H,24,26)/b23-14+. The SMILES string of the molecule is O=C(N/N=C/c1ccc(-c2ccc([N+](=O)[O-])cc2)o1)c1cccc2ccccc12. The molecule has 1 N–H and O–H groups in total. The zero-order chi connectivity index (χ0) is 20.2. The van der Waals surface area contributed by atoms with Crippen LogP contribution in [0.4, 0.5) is 5.69 Å². The summed E-state index contributed by atoms with van der Waals surface area (Å²) in [6.45, 7) is 0. The van der Waals surface area contributed by atoms with Gasteiger partial charge < -0.3 is 4.42 Å². The van der Waals surface area contributed by atoms with Gasteiger partial charge >= 0.3 is 0 Å². The molecule has 142 valence electrons. The number of nitrogens with zero attached hydrogens (tertiary/aromatic N) is 2. The van der Waals surface area contributed by atoms with Crippen LogP contribution >= 0.6 is 0 Å². The van der Waals surface area contributed by atoms with E-state index in [0.717, 1.165) is 10.8 Å². The molecule has 29 heavy (non-hydrogen) atoms. The van der Waals surface area contributed by atoms with Crippen LogP contribution in [0.15, 0.2) is 88.4 Å². The van der Waals surface area contributed by atoms with Crippen molar-refractivity contribution in [1.29, 1.82) is 0 Å². The molecule has 4 aromatic rings. The Balaban J connectivity index is 1.46. The summed E-state index contributed by atoms with van der Waals surface area (Å²) in [5, 5.41) is 16.5. The normalized spacial score (nSPS) is 11.0. The Bertz CT molecular complexity index is 1220. The fraction of sp³-hybridized carbons (Fsp3) is 0. The highest BCUT2D eigenvalue weighted by molar-refractivity contribution is 6.07. The molecule has 7 heteroatoms. The van der Waals surface area contributed by atoms with Gasteiger partial charge in [-0.1, -0.05) is 36.4 Å². The van der Waals surface area contributed by atoms with Crippen molar-refractivity contribution < 1.29 is 14.1 Å². The Labute approximate surface area is 165 Å². The molecular formula is C22H15N3O4. The molecule has 0 unspecified atom stereocenters. The van der Waals surface area contributed by atoms with Crippen LogP contribution in [-0.4, -0.2) is 17.0 Å². The predicted octanol–water partition coefficient (Wildman–Crippen LogP) is 4.77. The van der Waals surface area contributed by atoms with Crippen molar-refractivity contribution in [2.75, 3.05) is 0 Å². The van der Waals surface area contributed by atoms with Gasteiger partial charge in [-0.15, -0.1) is 0 Å². The summed E-state index contributed by atoms with van der Waals surface area (Å²) >= 11 is 0. The molecule has 1 amide bonds. The van der Waals surface area contributed by atoms with E-state index in [9.17, 15) is 14.9 Å². The number of benzene rings is 3. The molecule has 0 spiro atoms. The average molecular weight is 385 g/mol. The van der Waals surface area contributed by atoms with Crippen LogP contribution < -0.4 is 5.43 Å². The smallest absolute Gasteiger partial charge is 0.271 e. The van der Waals surface area contributed by atoms with Crippen molar-refractivity contribution >= 4 is 28.6 Å². The lowest BCUT2D eigenvalue weighted by Crippen LogP contribution is -2.17. The number of non-ortho nitro benzene ring substituents is 1. The van der Waals surface area contributed by atoms with Gasteiger partial charge in [-0.05, 0) is 41.1 Å². The van der Waals surface area contributed by atoms with Crippen LogP contribution in [0.2, 0.25) is 0 Å². The number of carbonyl (C=O) groups excluding carboxylic acids is 1. The molecule has 0 saturated heterocycles. The predicted molar refractivity (Wildman–Crippen MR) is 110 cm³/mol. The summed E-state index contributed by atoms with van der Waals surface area (Å²) in [7, 11) is 0. The highest BCUT2D eigenvalue weighted by Crippen LogP contribution is 2.24. The number of hydrogen-bond donors (Lipinski definition) is 1. The summed E-state index contributed by atoms with van der Waals surface area (Å²) < 4.78 is 5.66. The summed E-state index contributed by atoms with van der Waals surface area (Å²) in [4.78, 5) is 22.7. The molecular weight excluding hydrogens is 370 g/mol. The molecule has 0 bridgehead atoms. The molecule has 0 aliphatic heterocycles. The summed E-state index contributed by atoms with van der Waals surface area (Å²) in [6.07, 6.45) is 1.40. The molecule has 1 heterocycles. The minimum Gasteiger partial charge on any atom is -0.455 e. The quantitative estimate of drug-likeness (QED) is 0.304. The zero-order valence-electron chi connectivity index (χ0n) is 15.1. The van der Waals surface area contributed by atoms with Gasteiger partial charge in [-0.25, -0.2) is 5.43 Å². The molecule has 0 fully saturated rings. The van der Waals surface area contributed by atoms with Crippen molar-refractivity contribution in [1.82, 2.24) is 5.43 Å². The van der Waals surface area contributed by atoms with E-state index in [1.54, 1.807) is 30.3 Å². The van der Waals surface area contributed by atoms with Gasteiger partial charge in [-0.2, -0.15) is 5.10 Å². The molecule has 4 rings (SSSR count). The lowest BCUT2D eigenvalue weighted by molar-refractivity contribution is -0.384. The fourth-order valence-electron chi connectivity index (χ4n) is 2.96. The van der Waals surface area contributed by atoms with Crippen molar-refractivity contribution in [3.05, 3.63) is 100 Å². The van der Waals surface area contributed by atoms with Crippen LogP contribution in [0.25, 0.3) is 22.1 Å². The zero-order valence-corrected chi connectivity index (χ0v) is 15.1. The first kappa shape index (κ1) is 18.1. The number of nitro benzene ring substituents is 1. The van der Waals surface area contributed by atoms with Gasteiger partial charge in [0.15, 0.2) is 0 Å². The number of nitrogens with one attached hydrogen (secondary N) is 1. The highest BCUT2D eigenvalue weighted by Gasteiger charge is 2.10. The van der Waals surface area contributed by atoms with Gasteiger partial charge in [0.05, 0.1) is 11.1 Å². The number of nitro groups is 1. The van der Waals surface area contributed by atoms with Gasteiger partial charge in [-0.3, -0.25) is 14.9 Å². The van der Waals surface area contributed by atoms with E-state index >= 15 is 0 Å². The maximum atomic E-state index is 12.5. The molecule has 3 aromatic carbocycles. The Kier molecular flexibility index (Phi) is 4.86. The Morgan fingerprint density at radius 3 is 2.52 bits per heavy atom. The molecule has 0 saturated carbocycles. The first-order valence-electron chi connectivity index (χ1n) is 8.78. The third kappa shape index (κ3) is 3.89. The second-order valence-corrected chi connectivity index (χ2v) is 6.23. The largest absolute Gasteiger partial charge is 0.455 e. The van der Waals surface area contributed by atoms with Crippen molar-refractivity contribution in [3.63, 3.8) is 0 Å². The fourth-order valence-corrected chi connectivity index (χ4v) is 2.96. The summed E-state index contributed by atoms with van der Waals surface area (Å²) in [5.74, 6) is 0.665. The number of rotatable bonds is 5. The van der Waals surface area contributed by atoms with Gasteiger partial charge in [0.2, 0.25) is 0 Å². The van der Waals surface area contributed by atoms with Crippen LogP contribution in [0, 0.1) is 10.1 Å². The van der Waals surface area contributed by atoms with Crippen LogP contribution in [-0.2, 0) is 0 Å². The Morgan fingerprint density at radius 2 is 1.72 bits per heavy atom. The molecule has 0 radical (unpaired) electrons. The number of hydrogen-bond acceptors (Lipinski definition) is 5. The first-order chi connectivity index (χ1) is 14.1. The molecule has 0 aliphatic rings. The van der Waals surface area contributed by atoms with Gasteiger partial charge in [0.25, 0.3) is 11.6 Å². The van der Waals surface area contributed by atoms with E-state index in [-0.39, 0.29) is 11.6 Å². The monoisotopic (exact) mass is 385 g/mol. The summed E-state index contributed by atoms with van der Waals surface area (Å²) in [5.41, 5.74) is 3.75. The second kappa shape index (κ2) is 7.77. The third-order valence-corrected chi connectivity index (χ3v) is 4.38. The first-order valence-corrected chi connectivity index (χ1v) is 8.78. The van der Waals surface area contributed by atoms with E-state index in [4.69, 9.17) is 4.42 Å². The molecule has 0 atom stereocenters. The lowest BCUT2D eigenvalue weighted by atomic mass is 10.0. The number of carbonyl (C=O) groups is 1. The average Bonchev–Trinajstić information content (AvgIpc) is 3.22. The van der Waals surface area contributed by atoms with E-state index in [0.29, 0.717) is 22.6 Å². The third-order valence-electron chi connectivity index (χ3n) is 4.38. The Morgan fingerprint density at radius 1 is 0.966 bits per heavy atom. The highest BCUT2D eigenvalue weighted by atomic mass is 16.6. The topological polar surface area (TPSA) is 97.7 Å². The van der Waals surface area contributed by atoms with Gasteiger partial charge in [0.1, 0.15) is 11.5 Å². The van der Waals surface area contributed by atoms with Crippen LogP contribution in [0.3, 0.4) is 0 Å². The minimum absolute atomic E-state index is 0.0123. The number of fused-ring (bicyclic) bond motifs is 1. The van der Waals surface area contributed by atoms with Gasteiger partial charge in [0, 0.05) is 23.3 Å². The van der Waals surface area contributed by atoms with Crippen LogP contribution in [0.1, 0.15) is 16.1 Å². The maximum Gasteiger partial charge on any atom is 0.271 e. The van der Waals surface area contributed by atoms with E-state index < -0.39 is 4.92 Å². The van der Waals surface area contributed by atoms with E-state index in [1.165, 1.54) is 18.3 Å². The van der Waals surface area contributed by atoms with Crippen molar-refractivity contribution in [2.24, 2.45) is 5.10 Å². The second-order valence-electron chi connectivity index (χ2n) is 6.23. The molecule has 0 aliphatic carbocycles. The minimum atomic E-state index is -0.456. The van der Waals surface area contributed by atoms with Crippen molar-refractivity contribution in [2.45, 2.75) is 0 Å². The molecule has 7 nitrogen and oxygen atoms in total. The summed E-state index contributed by atoms with van der Waals surface area (Å²) in [6, 6.07) is 22.6. The van der Waals surface area contributed by atoms with Crippen LogP contribution in [0.5, 0.6) is 0 Å².